The van der Waals surface area contributed by atoms with Gasteiger partial charge in [0, 0.05) is 25.2 Å². The first-order chi connectivity index (χ1) is 8.99. The van der Waals surface area contributed by atoms with Gasteiger partial charge in [-0.05, 0) is 33.1 Å². The van der Waals surface area contributed by atoms with Gasteiger partial charge in [0.15, 0.2) is 0 Å². The molecule has 0 aromatic heterocycles. The lowest BCUT2D eigenvalue weighted by atomic mass is 10.0. The highest BCUT2D eigenvalue weighted by atomic mass is 32.2. The van der Waals surface area contributed by atoms with Crippen LogP contribution in [0.15, 0.2) is 0 Å². The van der Waals surface area contributed by atoms with Crippen molar-refractivity contribution in [1.29, 1.82) is 0 Å². The molecule has 0 bridgehead atoms. The predicted molar refractivity (Wildman–Crippen MR) is 80.8 cm³/mol. The first kappa shape index (κ1) is 16.9. The Bertz CT molecular complexity index is 335. The highest BCUT2D eigenvalue weighted by Gasteiger charge is 2.26. The van der Waals surface area contributed by atoms with E-state index >= 15 is 0 Å². The molecule has 0 aliphatic carbocycles. The summed E-state index contributed by atoms with van der Waals surface area (Å²) < 4.78 is 25.2. The highest BCUT2D eigenvalue weighted by Crippen LogP contribution is 2.15. The van der Waals surface area contributed by atoms with Crippen molar-refractivity contribution in [2.45, 2.75) is 71.4 Å². The molecule has 4 nitrogen and oxygen atoms in total. The molecular weight excluding hydrogens is 260 g/mol. The van der Waals surface area contributed by atoms with Crippen LogP contribution in [0.5, 0.6) is 0 Å². The Morgan fingerprint density at radius 1 is 1.21 bits per heavy atom. The maximum absolute atomic E-state index is 11.8. The van der Waals surface area contributed by atoms with Crippen LogP contribution in [0.1, 0.15) is 59.3 Å². The standard InChI is InChI=1S/C14H30N2O2S/c1-4-6-7-8-13(3)15-14-9-11-16(12-10-14)19(17,18)5-2/h13-15H,4-12H2,1-3H3. The second kappa shape index (κ2) is 8.22. The average Bonchev–Trinajstić information content (AvgIpc) is 2.39. The van der Waals surface area contributed by atoms with Gasteiger partial charge in [-0.1, -0.05) is 26.2 Å². The molecule has 1 aliphatic rings. The molecule has 1 rings (SSSR count). The SMILES string of the molecule is CCCCCC(C)NC1CCN(S(=O)(=O)CC)CC1. The van der Waals surface area contributed by atoms with Crippen LogP contribution in [-0.2, 0) is 10.0 Å². The van der Waals surface area contributed by atoms with Crippen molar-refractivity contribution < 1.29 is 8.42 Å². The van der Waals surface area contributed by atoms with Crippen molar-refractivity contribution in [1.82, 2.24) is 9.62 Å². The third-order valence-electron chi connectivity index (χ3n) is 3.97. The van der Waals surface area contributed by atoms with Gasteiger partial charge in [-0.2, -0.15) is 0 Å². The zero-order valence-electron chi connectivity index (χ0n) is 12.7. The van der Waals surface area contributed by atoms with Crippen molar-refractivity contribution >= 4 is 10.0 Å². The minimum absolute atomic E-state index is 0.221. The molecule has 0 spiro atoms. The number of nitrogens with zero attached hydrogens (tertiary/aromatic N) is 1. The number of rotatable bonds is 8. The van der Waals surface area contributed by atoms with Crippen molar-refractivity contribution in [3.8, 4) is 0 Å². The summed E-state index contributed by atoms with van der Waals surface area (Å²) in [5.41, 5.74) is 0. The van der Waals surface area contributed by atoms with Crippen LogP contribution in [-0.4, -0.2) is 43.6 Å². The zero-order chi connectivity index (χ0) is 14.3. The Kier molecular flexibility index (Phi) is 7.32. The molecule has 0 amide bonds. The first-order valence-corrected chi connectivity index (χ1v) is 9.34. The van der Waals surface area contributed by atoms with E-state index in [0.29, 0.717) is 25.2 Å². The molecule has 0 saturated carbocycles. The molecule has 1 aliphatic heterocycles. The van der Waals surface area contributed by atoms with E-state index < -0.39 is 10.0 Å². The molecule has 1 atom stereocenters. The van der Waals surface area contributed by atoms with Gasteiger partial charge in [0.2, 0.25) is 10.0 Å². The zero-order valence-corrected chi connectivity index (χ0v) is 13.5. The predicted octanol–water partition coefficient (Wildman–Crippen LogP) is 2.36. The Morgan fingerprint density at radius 3 is 2.37 bits per heavy atom. The summed E-state index contributed by atoms with van der Waals surface area (Å²) in [5, 5.41) is 3.65. The fourth-order valence-corrected chi connectivity index (χ4v) is 3.80. The molecule has 0 radical (unpaired) electrons. The minimum Gasteiger partial charge on any atom is -0.311 e. The molecule has 114 valence electrons. The molecule has 1 heterocycles. The highest BCUT2D eigenvalue weighted by molar-refractivity contribution is 7.89. The van der Waals surface area contributed by atoms with Crippen LogP contribution >= 0.6 is 0 Å². The largest absolute Gasteiger partial charge is 0.311 e. The van der Waals surface area contributed by atoms with Crippen LogP contribution in [0.2, 0.25) is 0 Å². The van der Waals surface area contributed by atoms with E-state index in [0.717, 1.165) is 12.8 Å². The van der Waals surface area contributed by atoms with E-state index in [2.05, 4.69) is 19.2 Å². The monoisotopic (exact) mass is 290 g/mol. The van der Waals surface area contributed by atoms with Crippen molar-refractivity contribution in [2.24, 2.45) is 0 Å². The third-order valence-corrected chi connectivity index (χ3v) is 5.85. The maximum atomic E-state index is 11.8. The summed E-state index contributed by atoms with van der Waals surface area (Å²) >= 11 is 0. The van der Waals surface area contributed by atoms with Gasteiger partial charge in [-0.3, -0.25) is 0 Å². The normalized spacial score (nSPS) is 20.6. The Labute approximate surface area is 119 Å². The number of hydrogen-bond acceptors (Lipinski definition) is 3. The number of piperidine rings is 1. The van der Waals surface area contributed by atoms with E-state index in [9.17, 15) is 8.42 Å². The summed E-state index contributed by atoms with van der Waals surface area (Å²) in [5.74, 6) is 0.221. The Hall–Kier alpha value is -0.130. The van der Waals surface area contributed by atoms with Gasteiger partial charge in [-0.25, -0.2) is 12.7 Å². The van der Waals surface area contributed by atoms with E-state index in [4.69, 9.17) is 0 Å². The molecule has 1 unspecified atom stereocenters. The second-order valence-electron chi connectivity index (χ2n) is 5.64. The van der Waals surface area contributed by atoms with Crippen molar-refractivity contribution in [2.75, 3.05) is 18.8 Å². The molecule has 0 aromatic carbocycles. The van der Waals surface area contributed by atoms with E-state index in [-0.39, 0.29) is 5.75 Å². The average molecular weight is 290 g/mol. The minimum atomic E-state index is -2.99. The fraction of sp³-hybridized carbons (Fsp3) is 1.00. The molecule has 19 heavy (non-hydrogen) atoms. The smallest absolute Gasteiger partial charge is 0.213 e. The quantitative estimate of drug-likeness (QED) is 0.698. The van der Waals surface area contributed by atoms with Gasteiger partial charge in [0.05, 0.1) is 5.75 Å². The third kappa shape index (κ3) is 5.79. The lowest BCUT2D eigenvalue weighted by Crippen LogP contribution is -2.47. The Balaban J connectivity index is 2.26. The van der Waals surface area contributed by atoms with Crippen LogP contribution < -0.4 is 5.32 Å². The van der Waals surface area contributed by atoms with Crippen LogP contribution in [0, 0.1) is 0 Å². The van der Waals surface area contributed by atoms with Crippen molar-refractivity contribution in [3.63, 3.8) is 0 Å². The van der Waals surface area contributed by atoms with Crippen molar-refractivity contribution in [3.05, 3.63) is 0 Å². The molecule has 5 heteroatoms. The molecule has 1 fully saturated rings. The number of nitrogens with one attached hydrogen (secondary N) is 1. The van der Waals surface area contributed by atoms with E-state index in [1.807, 2.05) is 0 Å². The summed E-state index contributed by atoms with van der Waals surface area (Å²) in [7, 11) is -2.99. The van der Waals surface area contributed by atoms with Crippen LogP contribution in [0.25, 0.3) is 0 Å². The van der Waals surface area contributed by atoms with Gasteiger partial charge in [0.1, 0.15) is 0 Å². The summed E-state index contributed by atoms with van der Waals surface area (Å²) in [4.78, 5) is 0. The van der Waals surface area contributed by atoms with Crippen LogP contribution in [0.3, 0.4) is 0 Å². The number of hydrogen-bond donors (Lipinski definition) is 1. The van der Waals surface area contributed by atoms with E-state index in [1.165, 1.54) is 25.7 Å². The van der Waals surface area contributed by atoms with Gasteiger partial charge >= 0.3 is 0 Å². The fourth-order valence-electron chi connectivity index (χ4n) is 2.67. The summed E-state index contributed by atoms with van der Waals surface area (Å²) in [6.45, 7) is 7.54. The molecule has 1 saturated heterocycles. The Morgan fingerprint density at radius 2 is 1.84 bits per heavy atom. The summed E-state index contributed by atoms with van der Waals surface area (Å²) in [6.07, 6.45) is 6.96. The first-order valence-electron chi connectivity index (χ1n) is 7.73. The van der Waals surface area contributed by atoms with E-state index in [1.54, 1.807) is 11.2 Å². The number of unbranched alkanes of at least 4 members (excludes halogenated alkanes) is 2. The van der Waals surface area contributed by atoms with Gasteiger partial charge < -0.3 is 5.32 Å². The lowest BCUT2D eigenvalue weighted by Gasteiger charge is -2.33. The molecule has 1 N–H and O–H groups in total. The molecule has 0 aromatic rings. The van der Waals surface area contributed by atoms with Gasteiger partial charge in [-0.15, -0.1) is 0 Å². The number of sulfonamides is 1. The van der Waals surface area contributed by atoms with Crippen LogP contribution in [0.4, 0.5) is 0 Å². The second-order valence-corrected chi connectivity index (χ2v) is 7.89. The maximum Gasteiger partial charge on any atom is 0.213 e. The molecular formula is C14H30N2O2S. The van der Waals surface area contributed by atoms with Gasteiger partial charge in [0.25, 0.3) is 0 Å². The lowest BCUT2D eigenvalue weighted by molar-refractivity contribution is 0.272. The topological polar surface area (TPSA) is 49.4 Å². The summed E-state index contributed by atoms with van der Waals surface area (Å²) in [6, 6.07) is 1.03.